The lowest BCUT2D eigenvalue weighted by Crippen LogP contribution is -2.05. The summed E-state index contributed by atoms with van der Waals surface area (Å²) in [5.41, 5.74) is 1.17. The first-order valence-electron chi connectivity index (χ1n) is 6.95. The van der Waals surface area contributed by atoms with E-state index in [2.05, 4.69) is 32.7 Å². The molecule has 0 rings (SSSR count). The molecule has 0 aromatic carbocycles. The Labute approximate surface area is 103 Å². The van der Waals surface area contributed by atoms with Crippen LogP contribution in [0.15, 0.2) is 12.3 Å². The summed E-state index contributed by atoms with van der Waals surface area (Å²) in [6.45, 7) is 11.0. The molecule has 0 amide bonds. The van der Waals surface area contributed by atoms with Gasteiger partial charge in [-0.05, 0) is 24.7 Å². The van der Waals surface area contributed by atoms with Gasteiger partial charge in [-0.25, -0.2) is 0 Å². The van der Waals surface area contributed by atoms with E-state index in [4.69, 9.17) is 0 Å². The predicted molar refractivity (Wildman–Crippen MR) is 74.5 cm³/mol. The van der Waals surface area contributed by atoms with Gasteiger partial charge >= 0.3 is 0 Å². The summed E-state index contributed by atoms with van der Waals surface area (Å²) in [5.74, 6) is 1.80. The van der Waals surface area contributed by atoms with E-state index in [9.17, 15) is 0 Å². The van der Waals surface area contributed by atoms with Gasteiger partial charge in [0.1, 0.15) is 0 Å². The van der Waals surface area contributed by atoms with E-state index in [-0.39, 0.29) is 0 Å². The molecule has 0 aromatic heterocycles. The van der Waals surface area contributed by atoms with Gasteiger partial charge in [0.05, 0.1) is 0 Å². The molecule has 0 radical (unpaired) electrons. The predicted octanol–water partition coefficient (Wildman–Crippen LogP) is 4.74. The standard InChI is InChI=1S/C15H31N/c1-6-13(2)9-7-10-14(3)11-8-12-15(4)16-5/h13-14,16H,4,6-12H2,1-3,5H3. The summed E-state index contributed by atoms with van der Waals surface area (Å²) in [6, 6.07) is 0. The molecule has 1 N–H and O–H groups in total. The third kappa shape index (κ3) is 8.82. The highest BCUT2D eigenvalue weighted by molar-refractivity contribution is 4.88. The molecule has 0 spiro atoms. The summed E-state index contributed by atoms with van der Waals surface area (Å²) in [4.78, 5) is 0. The monoisotopic (exact) mass is 225 g/mol. The lowest BCUT2D eigenvalue weighted by molar-refractivity contribution is 0.411. The Kier molecular flexibility index (Phi) is 9.46. The Morgan fingerprint density at radius 3 is 2.19 bits per heavy atom. The van der Waals surface area contributed by atoms with Gasteiger partial charge in [0.2, 0.25) is 0 Å². The van der Waals surface area contributed by atoms with Crippen molar-refractivity contribution in [2.75, 3.05) is 7.05 Å². The SMILES string of the molecule is C=C(CCCC(C)CCCC(C)CC)NC. The zero-order chi connectivity index (χ0) is 12.4. The van der Waals surface area contributed by atoms with Crippen LogP contribution in [0.25, 0.3) is 0 Å². The van der Waals surface area contributed by atoms with Crippen molar-refractivity contribution >= 4 is 0 Å². The third-order valence-electron chi connectivity index (χ3n) is 3.62. The Morgan fingerprint density at radius 1 is 1.06 bits per heavy atom. The number of hydrogen-bond acceptors (Lipinski definition) is 1. The summed E-state index contributed by atoms with van der Waals surface area (Å²) in [5, 5.41) is 3.11. The van der Waals surface area contributed by atoms with Crippen LogP contribution in [-0.2, 0) is 0 Å². The Hall–Kier alpha value is -0.460. The molecule has 96 valence electrons. The molecule has 2 atom stereocenters. The Morgan fingerprint density at radius 2 is 1.62 bits per heavy atom. The Balaban J connectivity index is 3.37. The average Bonchev–Trinajstić information content (AvgIpc) is 2.28. The van der Waals surface area contributed by atoms with E-state index in [0.717, 1.165) is 18.3 Å². The molecule has 16 heavy (non-hydrogen) atoms. The van der Waals surface area contributed by atoms with E-state index in [1.54, 1.807) is 0 Å². The number of hydrogen-bond donors (Lipinski definition) is 1. The molecule has 0 saturated carbocycles. The van der Waals surface area contributed by atoms with Gasteiger partial charge in [0, 0.05) is 12.7 Å². The fraction of sp³-hybridized carbons (Fsp3) is 0.867. The lowest BCUT2D eigenvalue weighted by Gasteiger charge is -2.13. The van der Waals surface area contributed by atoms with Gasteiger partial charge in [0.15, 0.2) is 0 Å². The molecule has 0 aliphatic rings. The number of allylic oxidation sites excluding steroid dienone is 1. The van der Waals surface area contributed by atoms with Crippen LogP contribution in [0.4, 0.5) is 0 Å². The van der Waals surface area contributed by atoms with Crippen LogP contribution in [0.1, 0.15) is 65.7 Å². The van der Waals surface area contributed by atoms with Crippen LogP contribution in [0.5, 0.6) is 0 Å². The maximum atomic E-state index is 3.96. The van der Waals surface area contributed by atoms with Gasteiger partial charge in [-0.1, -0.05) is 59.5 Å². The Bertz CT molecular complexity index is 174. The van der Waals surface area contributed by atoms with Crippen LogP contribution in [0.3, 0.4) is 0 Å². The molecule has 0 heterocycles. The zero-order valence-electron chi connectivity index (χ0n) is 11.8. The minimum atomic E-state index is 0.883. The van der Waals surface area contributed by atoms with Gasteiger partial charge < -0.3 is 5.32 Å². The quantitative estimate of drug-likeness (QED) is 0.566. The van der Waals surface area contributed by atoms with E-state index < -0.39 is 0 Å². The molecule has 0 saturated heterocycles. The van der Waals surface area contributed by atoms with E-state index in [1.807, 2.05) is 7.05 Å². The maximum absolute atomic E-state index is 3.96. The van der Waals surface area contributed by atoms with Crippen molar-refractivity contribution in [1.82, 2.24) is 5.32 Å². The highest BCUT2D eigenvalue weighted by Gasteiger charge is 2.04. The molecular weight excluding hydrogens is 194 g/mol. The highest BCUT2D eigenvalue weighted by atomic mass is 14.8. The van der Waals surface area contributed by atoms with Crippen molar-refractivity contribution in [1.29, 1.82) is 0 Å². The second-order valence-electron chi connectivity index (χ2n) is 5.30. The summed E-state index contributed by atoms with van der Waals surface area (Å²) >= 11 is 0. The first kappa shape index (κ1) is 15.5. The van der Waals surface area contributed by atoms with Crippen LogP contribution < -0.4 is 5.32 Å². The van der Waals surface area contributed by atoms with Gasteiger partial charge in [-0.15, -0.1) is 0 Å². The summed E-state index contributed by atoms with van der Waals surface area (Å²) in [6.07, 6.45) is 9.30. The van der Waals surface area contributed by atoms with Crippen LogP contribution in [0.2, 0.25) is 0 Å². The van der Waals surface area contributed by atoms with Crippen LogP contribution >= 0.6 is 0 Å². The second-order valence-corrected chi connectivity index (χ2v) is 5.30. The number of nitrogens with one attached hydrogen (secondary N) is 1. The molecule has 0 fully saturated rings. The second kappa shape index (κ2) is 9.74. The summed E-state index contributed by atoms with van der Waals surface area (Å²) < 4.78 is 0. The van der Waals surface area contributed by atoms with Crippen molar-refractivity contribution in [3.8, 4) is 0 Å². The van der Waals surface area contributed by atoms with Crippen LogP contribution in [-0.4, -0.2) is 7.05 Å². The highest BCUT2D eigenvalue weighted by Crippen LogP contribution is 2.19. The normalized spacial score (nSPS) is 14.5. The largest absolute Gasteiger partial charge is 0.392 e. The molecule has 1 heteroatoms. The fourth-order valence-corrected chi connectivity index (χ4v) is 1.95. The lowest BCUT2D eigenvalue weighted by atomic mass is 9.94. The fourth-order valence-electron chi connectivity index (χ4n) is 1.95. The molecule has 1 nitrogen and oxygen atoms in total. The minimum absolute atomic E-state index is 0.883. The van der Waals surface area contributed by atoms with Gasteiger partial charge in [0.25, 0.3) is 0 Å². The van der Waals surface area contributed by atoms with Gasteiger partial charge in [-0.3, -0.25) is 0 Å². The first-order valence-corrected chi connectivity index (χ1v) is 6.95. The molecule has 0 aliphatic carbocycles. The van der Waals surface area contributed by atoms with E-state index >= 15 is 0 Å². The van der Waals surface area contributed by atoms with Crippen molar-refractivity contribution in [2.24, 2.45) is 11.8 Å². The van der Waals surface area contributed by atoms with Crippen LogP contribution in [0, 0.1) is 11.8 Å². The third-order valence-corrected chi connectivity index (χ3v) is 3.62. The summed E-state index contributed by atoms with van der Waals surface area (Å²) in [7, 11) is 1.96. The number of rotatable bonds is 10. The van der Waals surface area contributed by atoms with Gasteiger partial charge in [-0.2, -0.15) is 0 Å². The molecule has 0 bridgehead atoms. The first-order chi connectivity index (χ1) is 7.60. The smallest absolute Gasteiger partial charge is 0.00310 e. The molecule has 0 aromatic rings. The zero-order valence-corrected chi connectivity index (χ0v) is 11.8. The van der Waals surface area contributed by atoms with E-state index in [1.165, 1.54) is 44.2 Å². The van der Waals surface area contributed by atoms with E-state index in [0.29, 0.717) is 0 Å². The average molecular weight is 225 g/mol. The van der Waals surface area contributed by atoms with Crippen molar-refractivity contribution < 1.29 is 0 Å². The topological polar surface area (TPSA) is 12.0 Å². The van der Waals surface area contributed by atoms with Crippen molar-refractivity contribution in [2.45, 2.75) is 65.7 Å². The maximum Gasteiger partial charge on any atom is 0.00310 e. The minimum Gasteiger partial charge on any atom is -0.392 e. The molecular formula is C15H31N. The molecule has 0 aliphatic heterocycles. The van der Waals surface area contributed by atoms with Crippen molar-refractivity contribution in [3.63, 3.8) is 0 Å². The van der Waals surface area contributed by atoms with Crippen molar-refractivity contribution in [3.05, 3.63) is 12.3 Å². The molecule has 2 unspecified atom stereocenters.